The van der Waals surface area contributed by atoms with Gasteiger partial charge in [0.05, 0.1) is 0 Å². The summed E-state index contributed by atoms with van der Waals surface area (Å²) in [5.41, 5.74) is 9.21. The van der Waals surface area contributed by atoms with Crippen LogP contribution in [0.2, 0.25) is 0 Å². The molecule has 0 spiro atoms. The van der Waals surface area contributed by atoms with Crippen LogP contribution in [0.1, 0.15) is 81.9 Å². The zero-order valence-corrected chi connectivity index (χ0v) is 16.6. The predicted molar refractivity (Wildman–Crippen MR) is 113 cm³/mol. The molecule has 1 fully saturated rings. The SMILES string of the molecule is CC(C)(C)CC1=Cc2c(cccc2-c2ccc(C3CCCCC3)cc2)C1. The third kappa shape index (κ3) is 3.80. The molecule has 0 heteroatoms. The highest BCUT2D eigenvalue weighted by atomic mass is 14.3. The van der Waals surface area contributed by atoms with Crippen molar-refractivity contribution in [1.82, 2.24) is 0 Å². The van der Waals surface area contributed by atoms with Crippen LogP contribution in [0.25, 0.3) is 17.2 Å². The lowest BCUT2D eigenvalue weighted by atomic mass is 9.83. The van der Waals surface area contributed by atoms with Crippen LogP contribution in [0.3, 0.4) is 0 Å². The Hall–Kier alpha value is -1.82. The second-order valence-electron chi connectivity index (χ2n) is 9.55. The second kappa shape index (κ2) is 7.06. The summed E-state index contributed by atoms with van der Waals surface area (Å²) in [6.45, 7) is 7.01. The van der Waals surface area contributed by atoms with Gasteiger partial charge in [-0.1, -0.05) is 94.1 Å². The van der Waals surface area contributed by atoms with E-state index in [1.54, 1.807) is 11.1 Å². The molecule has 0 atom stereocenters. The summed E-state index contributed by atoms with van der Waals surface area (Å²) in [6, 6.07) is 16.3. The van der Waals surface area contributed by atoms with Crippen molar-refractivity contribution < 1.29 is 0 Å². The maximum Gasteiger partial charge on any atom is -0.00574 e. The van der Waals surface area contributed by atoms with E-state index in [4.69, 9.17) is 0 Å². The Morgan fingerprint density at radius 3 is 2.31 bits per heavy atom. The van der Waals surface area contributed by atoms with E-state index in [0.29, 0.717) is 5.41 Å². The number of hydrogen-bond acceptors (Lipinski definition) is 0. The minimum Gasteiger partial charge on any atom is -0.0647 e. The van der Waals surface area contributed by atoms with Gasteiger partial charge in [-0.25, -0.2) is 0 Å². The zero-order valence-electron chi connectivity index (χ0n) is 16.6. The van der Waals surface area contributed by atoms with E-state index in [1.165, 1.54) is 60.8 Å². The number of hydrogen-bond donors (Lipinski definition) is 0. The van der Waals surface area contributed by atoms with Crippen molar-refractivity contribution >= 4 is 6.08 Å². The van der Waals surface area contributed by atoms with Crippen molar-refractivity contribution in [3.63, 3.8) is 0 Å². The van der Waals surface area contributed by atoms with E-state index in [2.05, 4.69) is 69.3 Å². The summed E-state index contributed by atoms with van der Waals surface area (Å²) < 4.78 is 0. The normalized spacial score (nSPS) is 17.9. The summed E-state index contributed by atoms with van der Waals surface area (Å²) in [7, 11) is 0. The fourth-order valence-corrected chi connectivity index (χ4v) is 4.85. The van der Waals surface area contributed by atoms with Gasteiger partial charge in [-0.2, -0.15) is 0 Å². The van der Waals surface area contributed by atoms with Crippen LogP contribution < -0.4 is 0 Å². The molecule has 2 aromatic rings. The van der Waals surface area contributed by atoms with Gasteiger partial charge < -0.3 is 0 Å². The van der Waals surface area contributed by atoms with Gasteiger partial charge in [0.2, 0.25) is 0 Å². The molecule has 2 aliphatic rings. The highest BCUT2D eigenvalue weighted by molar-refractivity contribution is 5.80. The monoisotopic (exact) mass is 344 g/mol. The van der Waals surface area contributed by atoms with E-state index in [1.807, 2.05) is 0 Å². The minimum atomic E-state index is 0.357. The molecule has 0 amide bonds. The number of fused-ring (bicyclic) bond motifs is 1. The Labute approximate surface area is 159 Å². The number of allylic oxidation sites excluding steroid dienone is 1. The first kappa shape index (κ1) is 17.6. The van der Waals surface area contributed by atoms with Gasteiger partial charge in [-0.15, -0.1) is 0 Å². The molecular weight excluding hydrogens is 312 g/mol. The number of benzene rings is 2. The van der Waals surface area contributed by atoms with E-state index in [9.17, 15) is 0 Å². The quantitative estimate of drug-likeness (QED) is 0.533. The standard InChI is InChI=1S/C26H32/c1-26(2,3)18-19-16-23-10-7-11-24(25(23)17-19)22-14-12-21(13-15-22)20-8-5-4-6-9-20/h7,10-15,17,20H,4-6,8-9,16,18H2,1-3H3. The lowest BCUT2D eigenvalue weighted by Crippen LogP contribution is -2.06. The van der Waals surface area contributed by atoms with Gasteiger partial charge in [0.15, 0.2) is 0 Å². The molecule has 4 rings (SSSR count). The summed E-state index contributed by atoms with van der Waals surface area (Å²) in [4.78, 5) is 0. The van der Waals surface area contributed by atoms with Gasteiger partial charge in [0, 0.05) is 0 Å². The molecule has 0 unspecified atom stereocenters. The Kier molecular flexibility index (Phi) is 4.78. The second-order valence-corrected chi connectivity index (χ2v) is 9.55. The molecule has 0 bridgehead atoms. The first-order valence-electron chi connectivity index (χ1n) is 10.4. The highest BCUT2D eigenvalue weighted by Gasteiger charge is 2.21. The Morgan fingerprint density at radius 1 is 0.885 bits per heavy atom. The first-order valence-corrected chi connectivity index (χ1v) is 10.4. The first-order chi connectivity index (χ1) is 12.5. The highest BCUT2D eigenvalue weighted by Crippen LogP contribution is 2.39. The lowest BCUT2D eigenvalue weighted by molar-refractivity contribution is 0.408. The Balaban J connectivity index is 1.60. The zero-order chi connectivity index (χ0) is 18.1. The molecular formula is C26H32. The van der Waals surface area contributed by atoms with Crippen molar-refractivity contribution in [1.29, 1.82) is 0 Å². The average molecular weight is 345 g/mol. The summed E-state index contributed by atoms with van der Waals surface area (Å²) in [5, 5.41) is 0. The molecule has 2 aliphatic carbocycles. The van der Waals surface area contributed by atoms with Crippen LogP contribution in [0.4, 0.5) is 0 Å². The molecule has 26 heavy (non-hydrogen) atoms. The molecule has 1 saturated carbocycles. The maximum absolute atomic E-state index is 2.46. The van der Waals surface area contributed by atoms with Crippen molar-refractivity contribution in [2.24, 2.45) is 5.41 Å². The fraction of sp³-hybridized carbons (Fsp3) is 0.462. The summed E-state index contributed by atoms with van der Waals surface area (Å²) >= 11 is 0. The molecule has 0 aromatic heterocycles. The smallest absolute Gasteiger partial charge is 0.00574 e. The average Bonchev–Trinajstić information content (AvgIpc) is 3.03. The number of rotatable bonds is 3. The van der Waals surface area contributed by atoms with Crippen LogP contribution in [0, 0.1) is 5.41 Å². The Morgan fingerprint density at radius 2 is 1.62 bits per heavy atom. The van der Waals surface area contributed by atoms with Crippen LogP contribution in [0.5, 0.6) is 0 Å². The third-order valence-electron chi connectivity index (χ3n) is 6.02. The van der Waals surface area contributed by atoms with E-state index < -0.39 is 0 Å². The van der Waals surface area contributed by atoms with Crippen molar-refractivity contribution in [2.75, 3.05) is 0 Å². The lowest BCUT2D eigenvalue weighted by Gasteiger charge is -2.22. The molecule has 0 radical (unpaired) electrons. The van der Waals surface area contributed by atoms with Crippen LogP contribution >= 0.6 is 0 Å². The van der Waals surface area contributed by atoms with Crippen LogP contribution in [0.15, 0.2) is 48.0 Å². The molecule has 0 aliphatic heterocycles. The molecule has 0 saturated heterocycles. The van der Waals surface area contributed by atoms with E-state index in [0.717, 1.165) is 12.3 Å². The fourth-order valence-electron chi connectivity index (χ4n) is 4.85. The van der Waals surface area contributed by atoms with Crippen molar-refractivity contribution in [3.8, 4) is 11.1 Å². The van der Waals surface area contributed by atoms with Crippen molar-refractivity contribution in [3.05, 3.63) is 64.7 Å². The van der Waals surface area contributed by atoms with Crippen molar-refractivity contribution in [2.45, 2.75) is 71.6 Å². The predicted octanol–water partition coefficient (Wildman–Crippen LogP) is 7.78. The summed E-state index contributed by atoms with van der Waals surface area (Å²) in [5.74, 6) is 0.789. The largest absolute Gasteiger partial charge is 0.0647 e. The molecule has 2 aromatic carbocycles. The van der Waals surface area contributed by atoms with E-state index in [-0.39, 0.29) is 0 Å². The topological polar surface area (TPSA) is 0 Å². The van der Waals surface area contributed by atoms with E-state index >= 15 is 0 Å². The van der Waals surface area contributed by atoms with Gasteiger partial charge >= 0.3 is 0 Å². The molecule has 0 heterocycles. The molecule has 0 nitrogen and oxygen atoms in total. The maximum atomic E-state index is 2.46. The third-order valence-corrected chi connectivity index (χ3v) is 6.02. The minimum absolute atomic E-state index is 0.357. The van der Waals surface area contributed by atoms with Gasteiger partial charge in [0.1, 0.15) is 0 Å². The molecule has 136 valence electrons. The van der Waals surface area contributed by atoms with Gasteiger partial charge in [0.25, 0.3) is 0 Å². The van der Waals surface area contributed by atoms with Gasteiger partial charge in [-0.05, 0) is 64.8 Å². The van der Waals surface area contributed by atoms with Gasteiger partial charge in [-0.3, -0.25) is 0 Å². The van der Waals surface area contributed by atoms with Crippen LogP contribution in [-0.4, -0.2) is 0 Å². The van der Waals surface area contributed by atoms with Crippen LogP contribution in [-0.2, 0) is 6.42 Å². The summed E-state index contributed by atoms with van der Waals surface area (Å²) in [6.07, 6.45) is 11.7. The Bertz CT molecular complexity index is 793. The molecule has 0 N–H and O–H groups in total.